The van der Waals surface area contributed by atoms with Crippen LogP contribution in [0.3, 0.4) is 0 Å². The maximum absolute atomic E-state index is 12.1. The van der Waals surface area contributed by atoms with Crippen LogP contribution in [-0.2, 0) is 11.3 Å². The maximum atomic E-state index is 12.1. The minimum absolute atomic E-state index is 0.0464. The maximum Gasteiger partial charge on any atom is 0.220 e. The number of aromatic nitrogens is 2. The molecule has 1 saturated heterocycles. The van der Waals surface area contributed by atoms with Gasteiger partial charge in [0.25, 0.3) is 0 Å². The van der Waals surface area contributed by atoms with E-state index in [4.69, 9.17) is 9.72 Å². The minimum Gasteiger partial charge on any atom is -0.491 e. The quantitative estimate of drug-likeness (QED) is 0.661. The number of carbonyl (C=O) groups excluding carboxylic acids is 1. The van der Waals surface area contributed by atoms with E-state index >= 15 is 0 Å². The van der Waals surface area contributed by atoms with Crippen molar-refractivity contribution in [2.45, 2.75) is 46.2 Å². The highest BCUT2D eigenvalue weighted by molar-refractivity contribution is 5.77. The number of para-hydroxylation sites is 3. The molecule has 1 aliphatic heterocycles. The number of fused-ring (bicyclic) bond motifs is 1. The smallest absolute Gasteiger partial charge is 0.220 e. The fourth-order valence-corrected chi connectivity index (χ4v) is 4.26. The average Bonchev–Trinajstić information content (AvgIpc) is 3.29. The highest BCUT2D eigenvalue weighted by Crippen LogP contribution is 2.33. The van der Waals surface area contributed by atoms with Gasteiger partial charge in [0.15, 0.2) is 0 Å². The van der Waals surface area contributed by atoms with Gasteiger partial charge < -0.3 is 14.2 Å². The molecule has 2 aromatic carbocycles. The molecule has 2 heterocycles. The van der Waals surface area contributed by atoms with Gasteiger partial charge in [-0.05, 0) is 49.9 Å². The van der Waals surface area contributed by atoms with Crippen LogP contribution in [0.25, 0.3) is 11.0 Å². The van der Waals surface area contributed by atoms with Crippen LogP contribution in [0.4, 0.5) is 0 Å². The lowest BCUT2D eigenvalue weighted by atomic mass is 10.1. The molecule has 146 valence electrons. The van der Waals surface area contributed by atoms with Crippen molar-refractivity contribution < 1.29 is 9.53 Å². The molecule has 1 aromatic heterocycles. The fourth-order valence-electron chi connectivity index (χ4n) is 4.26. The van der Waals surface area contributed by atoms with Crippen LogP contribution in [0, 0.1) is 13.8 Å². The largest absolute Gasteiger partial charge is 0.491 e. The first-order chi connectivity index (χ1) is 13.6. The molecule has 0 spiro atoms. The second-order valence-corrected chi connectivity index (χ2v) is 7.55. The van der Waals surface area contributed by atoms with Gasteiger partial charge in [-0.3, -0.25) is 4.79 Å². The van der Waals surface area contributed by atoms with Crippen LogP contribution in [0.2, 0.25) is 0 Å². The lowest BCUT2D eigenvalue weighted by Crippen LogP contribution is -2.30. The summed E-state index contributed by atoms with van der Waals surface area (Å²) in [6.45, 7) is 7.86. The second kappa shape index (κ2) is 7.66. The van der Waals surface area contributed by atoms with Gasteiger partial charge in [0.2, 0.25) is 5.91 Å². The summed E-state index contributed by atoms with van der Waals surface area (Å²) < 4.78 is 8.38. The summed E-state index contributed by atoms with van der Waals surface area (Å²) in [6, 6.07) is 14.4. The minimum atomic E-state index is 0.0464. The molecule has 1 aliphatic rings. The van der Waals surface area contributed by atoms with Crippen molar-refractivity contribution in [3.63, 3.8) is 0 Å². The van der Waals surface area contributed by atoms with Crippen LogP contribution in [0.5, 0.6) is 5.75 Å². The Balaban J connectivity index is 1.63. The number of carbonyl (C=O) groups is 1. The van der Waals surface area contributed by atoms with Crippen molar-refractivity contribution in [1.82, 2.24) is 14.5 Å². The average molecular weight is 377 g/mol. The van der Waals surface area contributed by atoms with E-state index in [1.54, 1.807) is 6.92 Å². The number of hydrogen-bond acceptors (Lipinski definition) is 3. The molecule has 0 aliphatic carbocycles. The second-order valence-electron chi connectivity index (χ2n) is 7.55. The van der Waals surface area contributed by atoms with E-state index in [2.05, 4.69) is 42.7 Å². The number of rotatable bonds is 5. The van der Waals surface area contributed by atoms with Crippen molar-refractivity contribution in [3.8, 4) is 5.75 Å². The third kappa shape index (κ3) is 3.37. The number of amides is 1. The van der Waals surface area contributed by atoms with Crippen molar-refractivity contribution in [3.05, 3.63) is 59.4 Å². The number of benzene rings is 2. The summed E-state index contributed by atoms with van der Waals surface area (Å²) >= 11 is 0. The fraction of sp³-hybridized carbons (Fsp3) is 0.391. The van der Waals surface area contributed by atoms with Crippen LogP contribution in [0.1, 0.15) is 42.8 Å². The normalized spacial score (nSPS) is 16.7. The van der Waals surface area contributed by atoms with Crippen molar-refractivity contribution in [2.24, 2.45) is 0 Å². The molecule has 0 N–H and O–H groups in total. The molecular weight excluding hydrogens is 350 g/mol. The van der Waals surface area contributed by atoms with Gasteiger partial charge in [0.1, 0.15) is 18.2 Å². The molecule has 0 unspecified atom stereocenters. The Labute approximate surface area is 165 Å². The van der Waals surface area contributed by atoms with Gasteiger partial charge in [-0.1, -0.05) is 30.3 Å². The third-order valence-corrected chi connectivity index (χ3v) is 5.61. The van der Waals surface area contributed by atoms with Gasteiger partial charge >= 0.3 is 0 Å². The van der Waals surface area contributed by atoms with E-state index in [1.165, 1.54) is 0 Å². The number of imidazole rings is 1. The molecule has 0 radical (unpaired) electrons. The molecule has 28 heavy (non-hydrogen) atoms. The number of ether oxygens (including phenoxy) is 1. The number of hydrogen-bond donors (Lipinski definition) is 0. The summed E-state index contributed by atoms with van der Waals surface area (Å²) in [6.07, 6.45) is 1.98. The Kier molecular flexibility index (Phi) is 5.07. The van der Waals surface area contributed by atoms with Gasteiger partial charge in [-0.25, -0.2) is 4.98 Å². The van der Waals surface area contributed by atoms with Gasteiger partial charge in [-0.2, -0.15) is 0 Å². The molecule has 3 aromatic rings. The van der Waals surface area contributed by atoms with Crippen molar-refractivity contribution in [2.75, 3.05) is 13.2 Å². The zero-order chi connectivity index (χ0) is 19.7. The lowest BCUT2D eigenvalue weighted by Gasteiger charge is -2.24. The summed E-state index contributed by atoms with van der Waals surface area (Å²) in [7, 11) is 0. The molecule has 1 fully saturated rings. The van der Waals surface area contributed by atoms with E-state index in [9.17, 15) is 4.79 Å². The SMILES string of the molecule is CC(=O)N1CCC[C@@H]1c1nc2ccccc2n1CCOc1c(C)cccc1C. The molecule has 4 rings (SSSR count). The first kappa shape index (κ1) is 18.5. The third-order valence-electron chi connectivity index (χ3n) is 5.61. The highest BCUT2D eigenvalue weighted by atomic mass is 16.5. The molecule has 0 saturated carbocycles. The predicted octanol–water partition coefficient (Wildman–Crippen LogP) is 4.42. The Morgan fingerprint density at radius 2 is 1.89 bits per heavy atom. The molecule has 0 bridgehead atoms. The molecule has 5 heteroatoms. The van der Waals surface area contributed by atoms with Crippen LogP contribution in [0.15, 0.2) is 42.5 Å². The van der Waals surface area contributed by atoms with Crippen LogP contribution < -0.4 is 4.74 Å². The molecule has 1 atom stereocenters. The summed E-state index contributed by atoms with van der Waals surface area (Å²) in [4.78, 5) is 18.9. The lowest BCUT2D eigenvalue weighted by molar-refractivity contribution is -0.129. The molecule has 1 amide bonds. The topological polar surface area (TPSA) is 47.4 Å². The van der Waals surface area contributed by atoms with E-state index in [-0.39, 0.29) is 11.9 Å². The summed E-state index contributed by atoms with van der Waals surface area (Å²) in [5.74, 6) is 2.05. The first-order valence-electron chi connectivity index (χ1n) is 9.97. The van der Waals surface area contributed by atoms with E-state index in [1.807, 2.05) is 23.1 Å². The van der Waals surface area contributed by atoms with Gasteiger partial charge in [0.05, 0.1) is 23.6 Å². The Morgan fingerprint density at radius 3 is 2.64 bits per heavy atom. The first-order valence-corrected chi connectivity index (χ1v) is 9.97. The zero-order valence-corrected chi connectivity index (χ0v) is 16.8. The van der Waals surface area contributed by atoms with Crippen LogP contribution >= 0.6 is 0 Å². The number of aryl methyl sites for hydroxylation is 2. The number of likely N-dealkylation sites (tertiary alicyclic amines) is 1. The van der Waals surface area contributed by atoms with Gasteiger partial charge in [-0.15, -0.1) is 0 Å². The molecular formula is C23H27N3O2. The van der Waals surface area contributed by atoms with Crippen molar-refractivity contribution in [1.29, 1.82) is 0 Å². The Hall–Kier alpha value is -2.82. The van der Waals surface area contributed by atoms with E-state index in [0.717, 1.165) is 53.1 Å². The van der Waals surface area contributed by atoms with E-state index < -0.39 is 0 Å². The van der Waals surface area contributed by atoms with Gasteiger partial charge in [0, 0.05) is 13.5 Å². The van der Waals surface area contributed by atoms with E-state index in [0.29, 0.717) is 13.2 Å². The Bertz CT molecular complexity index is 988. The van der Waals surface area contributed by atoms with Crippen LogP contribution in [-0.4, -0.2) is 33.5 Å². The Morgan fingerprint density at radius 1 is 1.14 bits per heavy atom. The highest BCUT2D eigenvalue weighted by Gasteiger charge is 2.32. The summed E-state index contributed by atoms with van der Waals surface area (Å²) in [5, 5.41) is 0. The van der Waals surface area contributed by atoms with Crippen molar-refractivity contribution >= 4 is 16.9 Å². The molecule has 5 nitrogen and oxygen atoms in total. The summed E-state index contributed by atoms with van der Waals surface area (Å²) in [5.41, 5.74) is 4.36. The standard InChI is InChI=1S/C23H27N3O2/c1-16-8-6-9-17(2)22(16)28-15-14-26-20-11-5-4-10-19(20)24-23(26)21-12-7-13-25(21)18(3)27/h4-6,8-11,21H,7,12-15H2,1-3H3/t21-/m1/s1. The predicted molar refractivity (Wildman–Crippen MR) is 111 cm³/mol. The monoisotopic (exact) mass is 377 g/mol. The number of nitrogens with zero attached hydrogens (tertiary/aromatic N) is 3. The zero-order valence-electron chi connectivity index (χ0n) is 16.8.